The Morgan fingerprint density at radius 2 is 1.96 bits per heavy atom. The van der Waals surface area contributed by atoms with E-state index in [1.54, 1.807) is 12.1 Å². The van der Waals surface area contributed by atoms with Crippen molar-refractivity contribution >= 4 is 5.91 Å². The molecule has 0 aliphatic carbocycles. The second-order valence-electron chi connectivity index (χ2n) is 6.06. The number of carbonyl (C=O) groups is 1. The zero-order valence-electron chi connectivity index (χ0n) is 13.6. The maximum atomic E-state index is 13.2. The molecule has 2 heterocycles. The van der Waals surface area contributed by atoms with Crippen LogP contribution in [0.2, 0.25) is 0 Å². The Morgan fingerprint density at radius 1 is 1.21 bits per heavy atom. The van der Waals surface area contributed by atoms with Crippen LogP contribution in [-0.2, 0) is 11.3 Å². The van der Waals surface area contributed by atoms with Crippen LogP contribution in [0.15, 0.2) is 36.9 Å². The lowest BCUT2D eigenvalue weighted by molar-refractivity contribution is -0.122. The summed E-state index contributed by atoms with van der Waals surface area (Å²) in [5.74, 6) is -0.351. The number of likely N-dealkylation sites (tertiary alicyclic amines) is 1. The van der Waals surface area contributed by atoms with E-state index in [9.17, 15) is 9.18 Å². The number of benzene rings is 1. The number of carbonyl (C=O) groups excluding carboxylic acids is 1. The maximum absolute atomic E-state index is 13.2. The van der Waals surface area contributed by atoms with E-state index in [0.717, 1.165) is 31.5 Å². The molecule has 0 saturated carbocycles. The van der Waals surface area contributed by atoms with Gasteiger partial charge in [-0.05, 0) is 43.6 Å². The van der Waals surface area contributed by atoms with E-state index in [2.05, 4.69) is 20.3 Å². The molecule has 1 saturated heterocycles. The minimum absolute atomic E-state index is 0.0607. The molecule has 128 valence electrons. The number of hydrogen-bond donors (Lipinski definition) is 1. The van der Waals surface area contributed by atoms with Crippen molar-refractivity contribution in [3.63, 3.8) is 0 Å². The highest BCUT2D eigenvalue weighted by atomic mass is 19.1. The fourth-order valence-electron chi connectivity index (χ4n) is 3.10. The van der Waals surface area contributed by atoms with Crippen LogP contribution in [0.4, 0.5) is 4.39 Å². The van der Waals surface area contributed by atoms with Gasteiger partial charge < -0.3 is 5.32 Å². The third-order valence-electron chi connectivity index (χ3n) is 4.35. The molecular weight excluding hydrogens is 309 g/mol. The lowest BCUT2D eigenvalue weighted by Gasteiger charge is -2.35. The SMILES string of the molecule is O=C(Cn1cncn1)NC[C@@H](c1ccc(F)cc1)N1CCCCC1. The van der Waals surface area contributed by atoms with E-state index in [4.69, 9.17) is 0 Å². The van der Waals surface area contributed by atoms with Crippen LogP contribution < -0.4 is 5.32 Å². The Balaban J connectivity index is 1.65. The molecule has 1 aliphatic heterocycles. The monoisotopic (exact) mass is 331 g/mol. The third-order valence-corrected chi connectivity index (χ3v) is 4.35. The van der Waals surface area contributed by atoms with Gasteiger partial charge in [0.05, 0.1) is 6.04 Å². The first-order valence-electron chi connectivity index (χ1n) is 8.31. The molecule has 0 unspecified atom stereocenters. The molecule has 24 heavy (non-hydrogen) atoms. The average Bonchev–Trinajstić information content (AvgIpc) is 3.10. The minimum Gasteiger partial charge on any atom is -0.353 e. The highest BCUT2D eigenvalue weighted by Crippen LogP contribution is 2.24. The van der Waals surface area contributed by atoms with Gasteiger partial charge in [0.1, 0.15) is 25.0 Å². The van der Waals surface area contributed by atoms with Gasteiger partial charge in [0.15, 0.2) is 0 Å². The van der Waals surface area contributed by atoms with E-state index >= 15 is 0 Å². The molecule has 1 atom stereocenters. The summed E-state index contributed by atoms with van der Waals surface area (Å²) in [5, 5.41) is 6.90. The molecule has 1 aromatic heterocycles. The van der Waals surface area contributed by atoms with Gasteiger partial charge in [-0.15, -0.1) is 0 Å². The van der Waals surface area contributed by atoms with Crippen molar-refractivity contribution in [1.82, 2.24) is 25.0 Å². The standard InChI is InChI=1S/C17H22FN5O/c18-15-6-4-14(5-7-15)16(22-8-2-1-3-9-22)10-20-17(24)11-23-13-19-12-21-23/h4-7,12-13,16H,1-3,8-11H2,(H,20,24)/t16-/m0/s1. The number of aromatic nitrogens is 3. The van der Waals surface area contributed by atoms with E-state index in [1.807, 2.05) is 0 Å². The van der Waals surface area contributed by atoms with Gasteiger partial charge in [0.2, 0.25) is 5.91 Å². The topological polar surface area (TPSA) is 63.1 Å². The van der Waals surface area contributed by atoms with Gasteiger partial charge in [0, 0.05) is 6.54 Å². The van der Waals surface area contributed by atoms with Crippen molar-refractivity contribution in [2.45, 2.75) is 31.8 Å². The molecular formula is C17H22FN5O. The molecule has 0 spiro atoms. The fraction of sp³-hybridized carbons (Fsp3) is 0.471. The number of halogens is 1. The van der Waals surface area contributed by atoms with E-state index in [1.165, 1.54) is 35.9 Å². The zero-order valence-corrected chi connectivity index (χ0v) is 13.6. The van der Waals surface area contributed by atoms with Crippen LogP contribution in [0.5, 0.6) is 0 Å². The van der Waals surface area contributed by atoms with Crippen LogP contribution in [0.3, 0.4) is 0 Å². The van der Waals surface area contributed by atoms with E-state index in [0.29, 0.717) is 6.54 Å². The van der Waals surface area contributed by atoms with Crippen LogP contribution in [0, 0.1) is 5.82 Å². The highest BCUT2D eigenvalue weighted by molar-refractivity contribution is 5.75. The summed E-state index contributed by atoms with van der Waals surface area (Å²) in [6.45, 7) is 2.65. The van der Waals surface area contributed by atoms with Crippen LogP contribution in [0.25, 0.3) is 0 Å². The molecule has 1 aliphatic rings. The Hall–Kier alpha value is -2.28. The van der Waals surface area contributed by atoms with Gasteiger partial charge in [-0.2, -0.15) is 5.10 Å². The maximum Gasteiger partial charge on any atom is 0.241 e. The Bertz CT molecular complexity index is 638. The Kier molecular flexibility index (Phi) is 5.53. The largest absolute Gasteiger partial charge is 0.353 e. The summed E-state index contributed by atoms with van der Waals surface area (Å²) in [6.07, 6.45) is 6.48. The molecule has 1 amide bonds. The predicted molar refractivity (Wildman–Crippen MR) is 87.6 cm³/mol. The summed E-state index contributed by atoms with van der Waals surface area (Å²) in [4.78, 5) is 18.3. The zero-order chi connectivity index (χ0) is 16.8. The summed E-state index contributed by atoms with van der Waals surface area (Å²) in [6, 6.07) is 6.62. The number of amides is 1. The van der Waals surface area contributed by atoms with Gasteiger partial charge in [0.25, 0.3) is 0 Å². The lowest BCUT2D eigenvalue weighted by Crippen LogP contribution is -2.41. The summed E-state index contributed by atoms with van der Waals surface area (Å²) >= 11 is 0. The number of piperidine rings is 1. The normalized spacial score (nSPS) is 16.7. The van der Waals surface area contributed by atoms with Crippen LogP contribution in [0.1, 0.15) is 30.9 Å². The van der Waals surface area contributed by atoms with Crippen molar-refractivity contribution in [2.24, 2.45) is 0 Å². The molecule has 1 fully saturated rings. The number of hydrogen-bond acceptors (Lipinski definition) is 4. The molecule has 7 heteroatoms. The molecule has 2 aromatic rings. The van der Waals surface area contributed by atoms with Crippen molar-refractivity contribution in [3.05, 3.63) is 48.3 Å². The molecule has 1 aromatic carbocycles. The molecule has 1 N–H and O–H groups in total. The highest BCUT2D eigenvalue weighted by Gasteiger charge is 2.23. The smallest absolute Gasteiger partial charge is 0.241 e. The fourth-order valence-corrected chi connectivity index (χ4v) is 3.10. The minimum atomic E-state index is -0.244. The summed E-state index contributed by atoms with van der Waals surface area (Å²) in [5.41, 5.74) is 1.03. The quantitative estimate of drug-likeness (QED) is 0.876. The van der Waals surface area contributed by atoms with Crippen molar-refractivity contribution in [3.8, 4) is 0 Å². The molecule has 6 nitrogen and oxygen atoms in total. The number of nitrogens with zero attached hydrogens (tertiary/aromatic N) is 4. The number of nitrogens with one attached hydrogen (secondary N) is 1. The van der Waals surface area contributed by atoms with Gasteiger partial charge in [-0.1, -0.05) is 18.6 Å². The van der Waals surface area contributed by atoms with E-state index < -0.39 is 0 Å². The third kappa shape index (κ3) is 4.38. The first kappa shape index (κ1) is 16.6. The Morgan fingerprint density at radius 3 is 2.62 bits per heavy atom. The lowest BCUT2D eigenvalue weighted by atomic mass is 10.0. The average molecular weight is 331 g/mol. The van der Waals surface area contributed by atoms with Crippen LogP contribution in [-0.4, -0.2) is 45.2 Å². The van der Waals surface area contributed by atoms with Gasteiger partial charge in [-0.3, -0.25) is 9.69 Å². The van der Waals surface area contributed by atoms with Crippen molar-refractivity contribution in [2.75, 3.05) is 19.6 Å². The molecule has 3 rings (SSSR count). The molecule has 0 bridgehead atoms. The van der Waals surface area contributed by atoms with Gasteiger partial charge in [-0.25, -0.2) is 14.1 Å². The number of rotatable bonds is 6. The van der Waals surface area contributed by atoms with E-state index in [-0.39, 0.29) is 24.3 Å². The van der Waals surface area contributed by atoms with Crippen molar-refractivity contribution in [1.29, 1.82) is 0 Å². The van der Waals surface area contributed by atoms with Crippen molar-refractivity contribution < 1.29 is 9.18 Å². The first-order chi connectivity index (χ1) is 11.7. The molecule has 0 radical (unpaired) electrons. The second kappa shape index (κ2) is 8.01. The summed E-state index contributed by atoms with van der Waals surface area (Å²) < 4.78 is 14.7. The predicted octanol–water partition coefficient (Wildman–Crippen LogP) is 1.76. The first-order valence-corrected chi connectivity index (χ1v) is 8.31. The van der Waals surface area contributed by atoms with Crippen LogP contribution >= 0.6 is 0 Å². The van der Waals surface area contributed by atoms with Gasteiger partial charge >= 0.3 is 0 Å². The summed E-state index contributed by atoms with van der Waals surface area (Å²) in [7, 11) is 0. The second-order valence-corrected chi connectivity index (χ2v) is 6.06. The Labute approximate surface area is 140 Å².